The Balaban J connectivity index is 1.78. The van der Waals surface area contributed by atoms with Crippen molar-refractivity contribution < 1.29 is 27.5 Å². The smallest absolute Gasteiger partial charge is 0.341 e. The molecule has 2 aromatic rings. The van der Waals surface area contributed by atoms with E-state index in [4.69, 9.17) is 9.47 Å². The largest absolute Gasteiger partial charge is 0.497 e. The zero-order valence-electron chi connectivity index (χ0n) is 20.4. The molecule has 1 saturated heterocycles. The fourth-order valence-electron chi connectivity index (χ4n) is 4.26. The van der Waals surface area contributed by atoms with Gasteiger partial charge < -0.3 is 19.4 Å². The van der Waals surface area contributed by atoms with Crippen molar-refractivity contribution in [3.8, 4) is 5.75 Å². The molecule has 1 aromatic carbocycles. The fraction of sp³-hybridized carbons (Fsp3) is 0.500. The number of hydrogen-bond donors (Lipinski definition) is 1. The zero-order valence-corrected chi connectivity index (χ0v) is 21.2. The van der Waals surface area contributed by atoms with E-state index in [1.165, 1.54) is 4.31 Å². The van der Waals surface area contributed by atoms with E-state index < -0.39 is 21.9 Å². The second kappa shape index (κ2) is 10.6. The van der Waals surface area contributed by atoms with Crippen molar-refractivity contribution in [3.05, 3.63) is 46.8 Å². The second-order valence-electron chi connectivity index (χ2n) is 8.42. The molecule has 10 heteroatoms. The van der Waals surface area contributed by atoms with E-state index in [-0.39, 0.29) is 29.5 Å². The monoisotopic (exact) mass is 491 g/mol. The van der Waals surface area contributed by atoms with Gasteiger partial charge in [-0.05, 0) is 51.3 Å². The van der Waals surface area contributed by atoms with Crippen molar-refractivity contribution in [2.45, 2.75) is 45.1 Å². The van der Waals surface area contributed by atoms with Crippen LogP contribution >= 0.6 is 0 Å². The maximum Gasteiger partial charge on any atom is 0.341 e. The van der Waals surface area contributed by atoms with E-state index in [1.807, 2.05) is 24.3 Å². The van der Waals surface area contributed by atoms with Crippen LogP contribution in [0.5, 0.6) is 5.75 Å². The topological polar surface area (TPSA) is 107 Å². The molecule has 0 spiro atoms. The molecule has 1 amide bonds. The van der Waals surface area contributed by atoms with E-state index >= 15 is 0 Å². The zero-order chi connectivity index (χ0) is 25.0. The highest BCUT2D eigenvalue weighted by atomic mass is 32.2. The Bertz CT molecular complexity index is 1150. The summed E-state index contributed by atoms with van der Waals surface area (Å²) in [5.41, 5.74) is 1.98. The average molecular weight is 492 g/mol. The molecule has 186 valence electrons. The van der Waals surface area contributed by atoms with Crippen molar-refractivity contribution in [2.75, 3.05) is 26.8 Å². The Morgan fingerprint density at radius 2 is 1.82 bits per heavy atom. The van der Waals surface area contributed by atoms with Gasteiger partial charge in [0, 0.05) is 38.1 Å². The number of esters is 1. The Kier molecular flexibility index (Phi) is 8.04. The number of rotatable bonds is 8. The van der Waals surface area contributed by atoms with Crippen molar-refractivity contribution in [1.29, 1.82) is 0 Å². The maximum absolute atomic E-state index is 13.7. The maximum atomic E-state index is 13.7. The Morgan fingerprint density at radius 1 is 1.15 bits per heavy atom. The molecule has 1 fully saturated rings. The highest BCUT2D eigenvalue weighted by Crippen LogP contribution is 2.32. The number of hydrogen-bond acceptors (Lipinski definition) is 6. The number of ether oxygens (including phenoxy) is 2. The van der Waals surface area contributed by atoms with Gasteiger partial charge in [0.25, 0.3) is 0 Å². The molecule has 0 aliphatic carbocycles. The van der Waals surface area contributed by atoms with Gasteiger partial charge in [0.2, 0.25) is 15.9 Å². The van der Waals surface area contributed by atoms with Crippen LogP contribution in [0, 0.1) is 19.8 Å². The van der Waals surface area contributed by atoms with Crippen LogP contribution in [0.4, 0.5) is 0 Å². The number of aromatic nitrogens is 1. The van der Waals surface area contributed by atoms with Gasteiger partial charge in [-0.2, -0.15) is 4.31 Å². The van der Waals surface area contributed by atoms with Gasteiger partial charge in [-0.25, -0.2) is 13.2 Å². The van der Waals surface area contributed by atoms with Crippen LogP contribution < -0.4 is 10.1 Å². The molecule has 0 saturated carbocycles. The summed E-state index contributed by atoms with van der Waals surface area (Å²) in [5.74, 6) is -0.592. The fourth-order valence-corrected chi connectivity index (χ4v) is 6.26. The number of sulfonamides is 1. The number of nitrogens with one attached hydrogen (secondary N) is 1. The quantitative estimate of drug-likeness (QED) is 0.569. The molecular weight excluding hydrogens is 458 g/mol. The lowest BCUT2D eigenvalue weighted by Gasteiger charge is -2.31. The summed E-state index contributed by atoms with van der Waals surface area (Å²) in [4.78, 5) is 25.4. The summed E-state index contributed by atoms with van der Waals surface area (Å²) in [6.07, 6.45) is 1.15. The van der Waals surface area contributed by atoms with Crippen LogP contribution in [0.25, 0.3) is 0 Å². The second-order valence-corrected chi connectivity index (χ2v) is 10.3. The first-order valence-corrected chi connectivity index (χ1v) is 12.8. The molecule has 9 nitrogen and oxygen atoms in total. The van der Waals surface area contributed by atoms with Crippen molar-refractivity contribution in [1.82, 2.24) is 14.2 Å². The minimum absolute atomic E-state index is 0.0368. The lowest BCUT2D eigenvalue weighted by molar-refractivity contribution is -0.126. The summed E-state index contributed by atoms with van der Waals surface area (Å²) in [7, 11) is -0.701. The third kappa shape index (κ3) is 5.12. The number of nitrogens with zero attached hydrogens (tertiary/aromatic N) is 2. The minimum Gasteiger partial charge on any atom is -0.497 e. The third-order valence-electron chi connectivity index (χ3n) is 6.38. The Hall–Kier alpha value is -2.85. The molecule has 0 bridgehead atoms. The van der Waals surface area contributed by atoms with Crippen molar-refractivity contribution in [2.24, 2.45) is 13.0 Å². The third-order valence-corrected chi connectivity index (χ3v) is 8.41. The van der Waals surface area contributed by atoms with E-state index in [9.17, 15) is 18.0 Å². The van der Waals surface area contributed by atoms with Gasteiger partial charge in [-0.1, -0.05) is 12.1 Å². The van der Waals surface area contributed by atoms with E-state index in [0.29, 0.717) is 37.3 Å². The van der Waals surface area contributed by atoms with Crippen LogP contribution in [0.3, 0.4) is 0 Å². The molecular formula is C24H33N3O6S. The first-order chi connectivity index (χ1) is 16.1. The van der Waals surface area contributed by atoms with Gasteiger partial charge in [0.05, 0.1) is 19.6 Å². The number of carbonyl (C=O) groups excluding carboxylic acids is 2. The number of benzene rings is 1. The molecule has 1 aliphatic rings. The lowest BCUT2D eigenvalue weighted by atomic mass is 9.99. The van der Waals surface area contributed by atoms with Gasteiger partial charge in [-0.3, -0.25) is 4.79 Å². The standard InChI is InChI=1S/C24H33N3O6S/c1-6-33-24(29)21-16(2)26(4)17(3)22(21)34(30,31)27-13-7-8-19(15-27)23(28)25-14-18-9-11-20(32-5)12-10-18/h9-12,19H,6-8,13-15H2,1-5H3,(H,25,28)/t19-/m0/s1. The first kappa shape index (κ1) is 25.8. The van der Waals surface area contributed by atoms with Crippen LogP contribution in [-0.2, 0) is 33.1 Å². The number of methoxy groups -OCH3 is 1. The van der Waals surface area contributed by atoms with E-state index in [2.05, 4.69) is 5.32 Å². The number of amides is 1. The molecule has 0 unspecified atom stereocenters. The normalized spacial score (nSPS) is 16.8. The molecule has 34 heavy (non-hydrogen) atoms. The molecule has 2 heterocycles. The predicted molar refractivity (Wildman–Crippen MR) is 127 cm³/mol. The van der Waals surface area contributed by atoms with E-state index in [0.717, 1.165) is 11.3 Å². The molecule has 0 radical (unpaired) electrons. The molecule has 1 N–H and O–H groups in total. The van der Waals surface area contributed by atoms with Crippen LogP contribution in [0.1, 0.15) is 47.1 Å². The number of piperidine rings is 1. The lowest BCUT2D eigenvalue weighted by Crippen LogP contribution is -2.45. The van der Waals surface area contributed by atoms with Crippen LogP contribution in [-0.4, -0.2) is 56.0 Å². The summed E-state index contributed by atoms with van der Waals surface area (Å²) in [5, 5.41) is 2.91. The minimum atomic E-state index is -4.01. The highest BCUT2D eigenvalue weighted by Gasteiger charge is 2.38. The molecule has 3 rings (SSSR count). The Labute approximate surface area is 201 Å². The average Bonchev–Trinajstić information content (AvgIpc) is 3.07. The highest BCUT2D eigenvalue weighted by molar-refractivity contribution is 7.89. The SMILES string of the molecule is CCOC(=O)c1c(S(=O)(=O)N2CCC[C@H](C(=O)NCc3ccc(OC)cc3)C2)c(C)n(C)c1C. The molecule has 1 aliphatic heterocycles. The summed E-state index contributed by atoms with van der Waals surface area (Å²) in [6, 6.07) is 7.38. The molecule has 1 atom stereocenters. The molecule has 1 aromatic heterocycles. The van der Waals surface area contributed by atoms with Crippen LogP contribution in [0.15, 0.2) is 29.2 Å². The Morgan fingerprint density at radius 3 is 2.44 bits per heavy atom. The van der Waals surface area contributed by atoms with Crippen LogP contribution in [0.2, 0.25) is 0 Å². The summed E-state index contributed by atoms with van der Waals surface area (Å²) in [6.45, 7) is 5.89. The van der Waals surface area contributed by atoms with Crippen molar-refractivity contribution in [3.63, 3.8) is 0 Å². The summed E-state index contributed by atoms with van der Waals surface area (Å²) < 4.78 is 40.6. The van der Waals surface area contributed by atoms with Gasteiger partial charge >= 0.3 is 5.97 Å². The van der Waals surface area contributed by atoms with Gasteiger partial charge in [0.1, 0.15) is 16.2 Å². The first-order valence-electron chi connectivity index (χ1n) is 11.4. The summed E-state index contributed by atoms with van der Waals surface area (Å²) >= 11 is 0. The predicted octanol–water partition coefficient (Wildman–Crippen LogP) is 2.54. The number of carbonyl (C=O) groups is 2. The van der Waals surface area contributed by atoms with Gasteiger partial charge in [0.15, 0.2) is 0 Å². The van der Waals surface area contributed by atoms with Crippen molar-refractivity contribution >= 4 is 21.9 Å². The van der Waals surface area contributed by atoms with E-state index in [1.54, 1.807) is 39.5 Å². The van der Waals surface area contributed by atoms with Gasteiger partial charge in [-0.15, -0.1) is 0 Å².